The summed E-state index contributed by atoms with van der Waals surface area (Å²) >= 11 is 0. The Hall–Kier alpha value is -2.82. The first-order chi connectivity index (χ1) is 11.3. The van der Waals surface area contributed by atoms with E-state index >= 15 is 0 Å². The molecule has 0 bridgehead atoms. The monoisotopic (exact) mass is 310 g/mol. The zero-order valence-electron chi connectivity index (χ0n) is 12.6. The van der Waals surface area contributed by atoms with Crippen LogP contribution in [0.25, 0.3) is 10.4 Å². The van der Waals surface area contributed by atoms with Crippen LogP contribution in [0, 0.1) is 0 Å². The lowest BCUT2D eigenvalue weighted by atomic mass is 10.2. The molecule has 6 nitrogen and oxygen atoms in total. The van der Waals surface area contributed by atoms with E-state index in [9.17, 15) is 4.79 Å². The molecule has 2 aromatic carbocycles. The summed E-state index contributed by atoms with van der Waals surface area (Å²) < 4.78 is 5.51. The molecule has 0 fully saturated rings. The third kappa shape index (κ3) is 6.22. The molecular weight excluding hydrogens is 292 g/mol. The molecule has 1 unspecified atom stereocenters. The van der Waals surface area contributed by atoms with E-state index < -0.39 is 6.23 Å². The lowest BCUT2D eigenvalue weighted by Gasteiger charge is -2.13. The maximum absolute atomic E-state index is 11.9. The Bertz CT molecular complexity index is 655. The summed E-state index contributed by atoms with van der Waals surface area (Å²) in [6.07, 6.45) is -0.833. The van der Waals surface area contributed by atoms with E-state index in [1.54, 1.807) is 0 Å². The van der Waals surface area contributed by atoms with E-state index in [-0.39, 0.29) is 18.9 Å². The molecule has 118 valence electrons. The Morgan fingerprint density at radius 2 is 1.70 bits per heavy atom. The van der Waals surface area contributed by atoms with E-state index in [0.717, 1.165) is 11.1 Å². The molecule has 0 saturated heterocycles. The molecule has 0 heterocycles. The highest BCUT2D eigenvalue weighted by Gasteiger charge is 2.13. The first-order valence-electron chi connectivity index (χ1n) is 7.28. The van der Waals surface area contributed by atoms with E-state index in [2.05, 4.69) is 15.3 Å². The van der Waals surface area contributed by atoms with Crippen molar-refractivity contribution in [3.63, 3.8) is 0 Å². The Labute approximate surface area is 134 Å². The first-order valence-corrected chi connectivity index (χ1v) is 7.28. The highest BCUT2D eigenvalue weighted by molar-refractivity contribution is 5.76. The van der Waals surface area contributed by atoms with Crippen LogP contribution >= 0.6 is 0 Å². The molecule has 2 rings (SSSR count). The van der Waals surface area contributed by atoms with Crippen molar-refractivity contribution in [1.82, 2.24) is 5.32 Å². The first kappa shape index (κ1) is 16.5. The van der Waals surface area contributed by atoms with Gasteiger partial charge in [-0.05, 0) is 16.7 Å². The van der Waals surface area contributed by atoms with Crippen molar-refractivity contribution < 1.29 is 9.53 Å². The van der Waals surface area contributed by atoms with E-state index in [4.69, 9.17) is 10.3 Å². The summed E-state index contributed by atoms with van der Waals surface area (Å²) in [5.41, 5.74) is 10.6. The van der Waals surface area contributed by atoms with Gasteiger partial charge in [-0.3, -0.25) is 4.79 Å². The van der Waals surface area contributed by atoms with Crippen molar-refractivity contribution >= 4 is 5.91 Å². The third-order valence-corrected chi connectivity index (χ3v) is 3.16. The zero-order valence-corrected chi connectivity index (χ0v) is 12.6. The van der Waals surface area contributed by atoms with Gasteiger partial charge in [0.1, 0.15) is 6.23 Å². The summed E-state index contributed by atoms with van der Waals surface area (Å²) in [6.45, 7) is 0.720. The van der Waals surface area contributed by atoms with Crippen LogP contribution in [0.15, 0.2) is 65.8 Å². The molecular formula is C17H18N4O2. The van der Waals surface area contributed by atoms with Crippen molar-refractivity contribution in [3.8, 4) is 0 Å². The Balaban J connectivity index is 1.81. The molecule has 0 radical (unpaired) electrons. The molecule has 2 aromatic rings. The highest BCUT2D eigenvalue weighted by Crippen LogP contribution is 2.08. The molecule has 0 aromatic heterocycles. The molecule has 0 spiro atoms. The molecule has 1 atom stereocenters. The van der Waals surface area contributed by atoms with Gasteiger partial charge in [-0.2, -0.15) is 0 Å². The number of benzene rings is 2. The average molecular weight is 310 g/mol. The van der Waals surface area contributed by atoms with Gasteiger partial charge in [-0.25, -0.2) is 0 Å². The largest absolute Gasteiger partial charge is 0.367 e. The number of ether oxygens (including phenoxy) is 1. The van der Waals surface area contributed by atoms with Crippen molar-refractivity contribution in [2.45, 2.75) is 25.8 Å². The van der Waals surface area contributed by atoms with Crippen molar-refractivity contribution in [2.75, 3.05) is 0 Å². The van der Waals surface area contributed by atoms with Gasteiger partial charge in [-0.15, -0.1) is 0 Å². The second-order valence-corrected chi connectivity index (χ2v) is 4.92. The molecule has 23 heavy (non-hydrogen) atoms. The lowest BCUT2D eigenvalue weighted by molar-refractivity contribution is -0.124. The van der Waals surface area contributed by atoms with Crippen molar-refractivity contribution in [3.05, 3.63) is 82.2 Å². The number of carbonyl (C=O) groups is 1. The highest BCUT2D eigenvalue weighted by atomic mass is 16.5. The standard InChI is InChI=1S/C17H18N4O2/c18-21-20-17(23-13-15-9-5-2-6-10-15)11-16(22)19-12-14-7-3-1-4-8-14/h1-10,17H,11-13H2,(H,19,22). The maximum atomic E-state index is 11.9. The second kappa shape index (κ2) is 9.25. The van der Waals surface area contributed by atoms with E-state index in [0.29, 0.717) is 6.54 Å². The number of hydrogen-bond donors (Lipinski definition) is 1. The van der Waals surface area contributed by atoms with Gasteiger partial charge in [0.15, 0.2) is 0 Å². The fourth-order valence-electron chi connectivity index (χ4n) is 1.98. The topological polar surface area (TPSA) is 87.1 Å². The van der Waals surface area contributed by atoms with Crippen LogP contribution in [0.3, 0.4) is 0 Å². The number of nitrogens with zero attached hydrogens (tertiary/aromatic N) is 3. The minimum Gasteiger partial charge on any atom is -0.367 e. The zero-order chi connectivity index (χ0) is 16.3. The summed E-state index contributed by atoms with van der Waals surface area (Å²) in [7, 11) is 0. The van der Waals surface area contributed by atoms with Gasteiger partial charge >= 0.3 is 0 Å². The summed E-state index contributed by atoms with van der Waals surface area (Å²) in [4.78, 5) is 14.7. The van der Waals surface area contributed by atoms with Crippen LogP contribution < -0.4 is 5.32 Å². The van der Waals surface area contributed by atoms with E-state index in [1.165, 1.54) is 0 Å². The number of hydrogen-bond acceptors (Lipinski definition) is 3. The number of amides is 1. The van der Waals surface area contributed by atoms with Gasteiger partial charge in [0.05, 0.1) is 13.0 Å². The predicted octanol–water partition coefficient (Wildman–Crippen LogP) is 3.55. The van der Waals surface area contributed by atoms with Gasteiger partial charge in [0.2, 0.25) is 5.91 Å². The molecule has 0 aliphatic rings. The van der Waals surface area contributed by atoms with Crippen LogP contribution in [-0.4, -0.2) is 12.1 Å². The average Bonchev–Trinajstić information content (AvgIpc) is 2.60. The van der Waals surface area contributed by atoms with Gasteiger partial charge in [0, 0.05) is 11.5 Å². The molecule has 0 aliphatic heterocycles. The summed E-state index contributed by atoms with van der Waals surface area (Å²) in [5.74, 6) is -0.223. The molecule has 1 N–H and O–H groups in total. The number of rotatable bonds is 8. The Kier molecular flexibility index (Phi) is 6.65. The van der Waals surface area contributed by atoms with Crippen LogP contribution in [0.2, 0.25) is 0 Å². The smallest absolute Gasteiger partial charge is 0.223 e. The SMILES string of the molecule is [N-]=[N+]=NC(CC(=O)NCc1ccccc1)OCc1ccccc1. The Morgan fingerprint density at radius 1 is 1.09 bits per heavy atom. The second-order valence-electron chi connectivity index (χ2n) is 4.92. The predicted molar refractivity (Wildman–Crippen MR) is 87.1 cm³/mol. The number of azide groups is 1. The number of carbonyl (C=O) groups excluding carboxylic acids is 1. The minimum absolute atomic E-state index is 0.0102. The molecule has 1 amide bonds. The van der Waals surface area contributed by atoms with Gasteiger partial charge in [-0.1, -0.05) is 65.8 Å². The van der Waals surface area contributed by atoms with E-state index in [1.807, 2.05) is 60.7 Å². The van der Waals surface area contributed by atoms with Crippen molar-refractivity contribution in [1.29, 1.82) is 0 Å². The Morgan fingerprint density at radius 3 is 2.30 bits per heavy atom. The van der Waals surface area contributed by atoms with Crippen molar-refractivity contribution in [2.24, 2.45) is 5.11 Å². The fourth-order valence-corrected chi connectivity index (χ4v) is 1.98. The quantitative estimate of drug-likeness (QED) is 0.459. The molecule has 0 saturated carbocycles. The fraction of sp³-hybridized carbons (Fsp3) is 0.235. The normalized spacial score (nSPS) is 11.3. The van der Waals surface area contributed by atoms with Gasteiger partial charge < -0.3 is 10.1 Å². The van der Waals surface area contributed by atoms with Crippen LogP contribution in [-0.2, 0) is 22.7 Å². The maximum Gasteiger partial charge on any atom is 0.223 e. The minimum atomic E-state index is -0.823. The molecule has 6 heteroatoms. The lowest BCUT2D eigenvalue weighted by Crippen LogP contribution is -2.27. The molecule has 0 aliphatic carbocycles. The van der Waals surface area contributed by atoms with Crippen LogP contribution in [0.4, 0.5) is 0 Å². The summed E-state index contributed by atoms with van der Waals surface area (Å²) in [6, 6.07) is 19.1. The van der Waals surface area contributed by atoms with Gasteiger partial charge in [0.25, 0.3) is 0 Å². The van der Waals surface area contributed by atoms with Crippen LogP contribution in [0.5, 0.6) is 0 Å². The summed E-state index contributed by atoms with van der Waals surface area (Å²) in [5, 5.41) is 6.32. The third-order valence-electron chi connectivity index (χ3n) is 3.16. The van der Waals surface area contributed by atoms with Crippen LogP contribution in [0.1, 0.15) is 17.5 Å². The number of nitrogens with one attached hydrogen (secondary N) is 1.